The van der Waals surface area contributed by atoms with Gasteiger partial charge < -0.3 is 14.6 Å². The van der Waals surface area contributed by atoms with Crippen LogP contribution in [-0.4, -0.2) is 24.0 Å². The van der Waals surface area contributed by atoms with E-state index in [2.05, 4.69) is 38.5 Å². The number of aliphatic hydroxyl groups excluding tert-OH is 1. The molecule has 4 nitrogen and oxygen atoms in total. The van der Waals surface area contributed by atoms with Gasteiger partial charge in [-0.2, -0.15) is 0 Å². The van der Waals surface area contributed by atoms with E-state index in [-0.39, 0.29) is 0 Å². The second kappa shape index (κ2) is 9.23. The molecule has 29 heavy (non-hydrogen) atoms. The highest BCUT2D eigenvalue weighted by Gasteiger charge is 2.27. The van der Waals surface area contributed by atoms with Gasteiger partial charge >= 0.3 is 5.97 Å². The molecule has 1 N–H and O–H groups in total. The van der Waals surface area contributed by atoms with Gasteiger partial charge in [0, 0.05) is 11.0 Å². The lowest BCUT2D eigenvalue weighted by molar-refractivity contribution is -0.150. The quantitative estimate of drug-likeness (QED) is 0.453. The molecule has 1 unspecified atom stereocenters. The molecule has 0 radical (unpaired) electrons. The van der Waals surface area contributed by atoms with Crippen LogP contribution in [0.4, 0.5) is 0 Å². The smallest absolute Gasteiger partial charge is 0.334 e. The maximum atomic E-state index is 11.2. The third-order valence-electron chi connectivity index (χ3n) is 5.60. The van der Waals surface area contributed by atoms with Gasteiger partial charge in [-0.3, -0.25) is 0 Å². The van der Waals surface area contributed by atoms with E-state index in [1.165, 1.54) is 42.7 Å². The van der Waals surface area contributed by atoms with Gasteiger partial charge in [-0.25, -0.2) is 4.79 Å². The van der Waals surface area contributed by atoms with Crippen LogP contribution in [0.1, 0.15) is 53.4 Å². The molecule has 0 fully saturated rings. The van der Waals surface area contributed by atoms with Crippen molar-refractivity contribution in [2.45, 2.75) is 64.6 Å². The second-order valence-electron chi connectivity index (χ2n) is 8.45. The van der Waals surface area contributed by atoms with Gasteiger partial charge in [0.2, 0.25) is 6.29 Å². The lowest BCUT2D eigenvalue weighted by Crippen LogP contribution is -2.20. The highest BCUT2D eigenvalue weighted by Crippen LogP contribution is 2.42. The Morgan fingerprint density at radius 1 is 1.34 bits per heavy atom. The molecule has 1 aromatic rings. The maximum absolute atomic E-state index is 11.2. The van der Waals surface area contributed by atoms with Crippen LogP contribution in [0.3, 0.4) is 0 Å². The highest BCUT2D eigenvalue weighted by molar-refractivity contribution is 8.03. The Morgan fingerprint density at radius 2 is 2.07 bits per heavy atom. The van der Waals surface area contributed by atoms with E-state index in [1.54, 1.807) is 11.1 Å². The molecule has 5 heteroatoms. The molecule has 1 aliphatic heterocycles. The Labute approximate surface area is 177 Å². The Bertz CT molecular complexity index is 846. The molecule has 1 heterocycles. The SMILES string of the molecule is CC1=C(C/C=C(\C)COc2ccc(SC3=CC(=O)OC3O)cc2)C(C)(C)CCC1. The van der Waals surface area contributed by atoms with Crippen molar-refractivity contribution >= 4 is 17.7 Å². The average molecular weight is 415 g/mol. The summed E-state index contributed by atoms with van der Waals surface area (Å²) in [6.45, 7) is 9.66. The lowest BCUT2D eigenvalue weighted by atomic mass is 9.71. The van der Waals surface area contributed by atoms with E-state index in [0.717, 1.165) is 17.1 Å². The fourth-order valence-corrected chi connectivity index (χ4v) is 4.72. The molecule has 1 aliphatic carbocycles. The van der Waals surface area contributed by atoms with Crippen LogP contribution in [0, 0.1) is 5.41 Å². The first kappa shape index (κ1) is 21.7. The van der Waals surface area contributed by atoms with Gasteiger partial charge in [-0.1, -0.05) is 42.8 Å². The Kier molecular flexibility index (Phi) is 6.91. The Balaban J connectivity index is 1.52. The number of carbonyl (C=O) groups excluding carboxylic acids is 1. The summed E-state index contributed by atoms with van der Waals surface area (Å²) < 4.78 is 10.6. The van der Waals surface area contributed by atoms with Crippen LogP contribution in [0.15, 0.2) is 62.9 Å². The summed E-state index contributed by atoms with van der Waals surface area (Å²) in [6, 6.07) is 7.62. The van der Waals surface area contributed by atoms with Crippen molar-refractivity contribution in [1.82, 2.24) is 0 Å². The predicted molar refractivity (Wildman–Crippen MR) is 117 cm³/mol. The molecule has 3 rings (SSSR count). The molecule has 2 aliphatic rings. The van der Waals surface area contributed by atoms with Crippen LogP contribution < -0.4 is 4.74 Å². The normalized spacial score (nSPS) is 21.8. The van der Waals surface area contributed by atoms with Gasteiger partial charge in [0.1, 0.15) is 12.4 Å². The topological polar surface area (TPSA) is 55.8 Å². The molecule has 1 atom stereocenters. The molecule has 1 aromatic carbocycles. The fraction of sp³-hybridized carbons (Fsp3) is 0.458. The van der Waals surface area contributed by atoms with Crippen molar-refractivity contribution in [2.75, 3.05) is 6.61 Å². The Hall–Kier alpha value is -1.98. The zero-order valence-corrected chi connectivity index (χ0v) is 18.5. The van der Waals surface area contributed by atoms with Crippen molar-refractivity contribution in [3.05, 3.63) is 58.0 Å². The summed E-state index contributed by atoms with van der Waals surface area (Å²) in [5, 5.41) is 9.65. The predicted octanol–water partition coefficient (Wildman–Crippen LogP) is 5.78. The third kappa shape index (κ3) is 5.77. The molecule has 156 valence electrons. The number of thioether (sulfide) groups is 1. The van der Waals surface area contributed by atoms with E-state index in [4.69, 9.17) is 4.74 Å². The number of rotatable bonds is 7. The number of benzene rings is 1. The number of carbonyl (C=O) groups is 1. The highest BCUT2D eigenvalue weighted by atomic mass is 32.2. The summed E-state index contributed by atoms with van der Waals surface area (Å²) >= 11 is 1.31. The van der Waals surface area contributed by atoms with Crippen LogP contribution >= 0.6 is 11.8 Å². The zero-order chi connectivity index (χ0) is 21.0. The number of ether oxygens (including phenoxy) is 2. The fourth-order valence-electron chi connectivity index (χ4n) is 3.87. The van der Waals surface area contributed by atoms with E-state index in [9.17, 15) is 9.90 Å². The molecule has 0 aromatic heterocycles. The minimum Gasteiger partial charge on any atom is -0.489 e. The molecule has 0 amide bonds. The summed E-state index contributed by atoms with van der Waals surface area (Å²) in [4.78, 5) is 12.6. The minimum atomic E-state index is -1.16. The van der Waals surface area contributed by atoms with Crippen LogP contribution in [0.5, 0.6) is 5.75 Å². The monoisotopic (exact) mass is 414 g/mol. The van der Waals surface area contributed by atoms with Gasteiger partial charge in [0.05, 0.1) is 4.91 Å². The number of allylic oxidation sites excluding steroid dienone is 3. The summed E-state index contributed by atoms with van der Waals surface area (Å²) in [5.74, 6) is 0.286. The van der Waals surface area contributed by atoms with E-state index in [1.807, 2.05) is 24.3 Å². The summed E-state index contributed by atoms with van der Waals surface area (Å²) in [6.07, 6.45) is 7.23. The van der Waals surface area contributed by atoms with Gasteiger partial charge in [0.15, 0.2) is 0 Å². The summed E-state index contributed by atoms with van der Waals surface area (Å²) in [7, 11) is 0. The maximum Gasteiger partial charge on any atom is 0.334 e. The molecular weight excluding hydrogens is 384 g/mol. The van der Waals surface area contributed by atoms with Crippen molar-refractivity contribution in [1.29, 1.82) is 0 Å². The van der Waals surface area contributed by atoms with Crippen molar-refractivity contribution in [3.63, 3.8) is 0 Å². The zero-order valence-electron chi connectivity index (χ0n) is 17.7. The second-order valence-corrected chi connectivity index (χ2v) is 9.60. The van der Waals surface area contributed by atoms with Crippen molar-refractivity contribution in [3.8, 4) is 5.75 Å². The first-order valence-electron chi connectivity index (χ1n) is 10.1. The van der Waals surface area contributed by atoms with Gasteiger partial charge in [-0.05, 0) is 74.8 Å². The number of esters is 1. The average Bonchev–Trinajstić information content (AvgIpc) is 2.97. The molecular formula is C24H30O4S. The van der Waals surface area contributed by atoms with Crippen LogP contribution in [0.25, 0.3) is 0 Å². The Morgan fingerprint density at radius 3 is 2.69 bits per heavy atom. The van der Waals surface area contributed by atoms with E-state index >= 15 is 0 Å². The van der Waals surface area contributed by atoms with E-state index < -0.39 is 12.3 Å². The third-order valence-corrected chi connectivity index (χ3v) is 6.66. The molecule has 0 saturated heterocycles. The number of hydrogen-bond acceptors (Lipinski definition) is 5. The van der Waals surface area contributed by atoms with E-state index in [0.29, 0.717) is 16.9 Å². The first-order chi connectivity index (χ1) is 13.7. The van der Waals surface area contributed by atoms with Crippen LogP contribution in [-0.2, 0) is 9.53 Å². The first-order valence-corrected chi connectivity index (χ1v) is 10.9. The van der Waals surface area contributed by atoms with Crippen molar-refractivity contribution < 1.29 is 19.4 Å². The molecule has 0 bridgehead atoms. The van der Waals surface area contributed by atoms with Gasteiger partial charge in [0.25, 0.3) is 0 Å². The minimum absolute atomic E-state index is 0.297. The summed E-state index contributed by atoms with van der Waals surface area (Å²) in [5.41, 5.74) is 4.65. The lowest BCUT2D eigenvalue weighted by Gasteiger charge is -2.34. The van der Waals surface area contributed by atoms with Crippen molar-refractivity contribution in [2.24, 2.45) is 5.41 Å². The molecule has 0 saturated carbocycles. The van der Waals surface area contributed by atoms with Crippen LogP contribution in [0.2, 0.25) is 0 Å². The number of cyclic esters (lactones) is 1. The number of aliphatic hydroxyl groups is 1. The standard InChI is InChI=1S/C24H30O4S/c1-16(7-12-20-17(2)6-5-13-24(20,3)4)15-27-18-8-10-19(11-9-18)29-21-14-22(25)28-23(21)26/h7-11,14,23,26H,5-6,12-13,15H2,1-4H3/b16-7+. The molecule has 0 spiro atoms. The largest absolute Gasteiger partial charge is 0.489 e. The van der Waals surface area contributed by atoms with Gasteiger partial charge in [-0.15, -0.1) is 0 Å². The number of hydrogen-bond donors (Lipinski definition) is 1.